The van der Waals surface area contributed by atoms with Gasteiger partial charge in [-0.25, -0.2) is 0 Å². The zero-order valence-corrected chi connectivity index (χ0v) is 12.4. The Morgan fingerprint density at radius 3 is 3.05 bits per heavy atom. The number of carbonyl (C=O) groups is 1. The van der Waals surface area contributed by atoms with Crippen molar-refractivity contribution in [3.63, 3.8) is 0 Å². The highest BCUT2D eigenvalue weighted by molar-refractivity contribution is 7.11. The summed E-state index contributed by atoms with van der Waals surface area (Å²) in [4.78, 5) is 14.5. The van der Waals surface area contributed by atoms with Crippen LogP contribution in [0.2, 0.25) is 0 Å². The Kier molecular flexibility index (Phi) is 3.80. The summed E-state index contributed by atoms with van der Waals surface area (Å²) in [6.07, 6.45) is 3.21. The SMILES string of the molecule is COCC1CCN(c2snc(N)c2C(=O)NC2CC2)C1. The Balaban J connectivity index is 1.74. The van der Waals surface area contributed by atoms with Crippen LogP contribution in [0.15, 0.2) is 0 Å². The Morgan fingerprint density at radius 1 is 1.55 bits per heavy atom. The van der Waals surface area contributed by atoms with Crippen molar-refractivity contribution in [3.8, 4) is 0 Å². The van der Waals surface area contributed by atoms with E-state index in [-0.39, 0.29) is 5.91 Å². The van der Waals surface area contributed by atoms with Gasteiger partial charge in [0.25, 0.3) is 5.91 Å². The Hall–Kier alpha value is -1.34. The summed E-state index contributed by atoms with van der Waals surface area (Å²) in [6, 6.07) is 0.328. The lowest BCUT2D eigenvalue weighted by Gasteiger charge is -2.17. The van der Waals surface area contributed by atoms with Crippen LogP contribution in [0.4, 0.5) is 10.8 Å². The number of anilines is 2. The normalized spacial score (nSPS) is 22.2. The van der Waals surface area contributed by atoms with Gasteiger partial charge in [0.2, 0.25) is 0 Å². The maximum Gasteiger partial charge on any atom is 0.258 e. The molecule has 7 heteroatoms. The first-order valence-corrected chi connectivity index (χ1v) is 7.76. The molecule has 1 saturated heterocycles. The number of nitrogens with one attached hydrogen (secondary N) is 1. The van der Waals surface area contributed by atoms with Crippen LogP contribution >= 0.6 is 11.5 Å². The van der Waals surface area contributed by atoms with Crippen LogP contribution in [-0.2, 0) is 4.74 Å². The summed E-state index contributed by atoms with van der Waals surface area (Å²) >= 11 is 1.32. The number of hydrogen-bond donors (Lipinski definition) is 2. The molecule has 20 heavy (non-hydrogen) atoms. The monoisotopic (exact) mass is 296 g/mol. The van der Waals surface area contributed by atoms with Crippen LogP contribution in [0.25, 0.3) is 0 Å². The molecule has 0 spiro atoms. The maximum absolute atomic E-state index is 12.3. The molecule has 3 rings (SSSR count). The molecular weight excluding hydrogens is 276 g/mol. The van der Waals surface area contributed by atoms with Crippen molar-refractivity contribution in [2.75, 3.05) is 37.4 Å². The Bertz CT molecular complexity index is 501. The molecule has 110 valence electrons. The first-order chi connectivity index (χ1) is 9.69. The van der Waals surface area contributed by atoms with E-state index in [9.17, 15) is 4.79 Å². The molecule has 1 unspecified atom stereocenters. The van der Waals surface area contributed by atoms with E-state index < -0.39 is 0 Å². The summed E-state index contributed by atoms with van der Waals surface area (Å²) in [5.74, 6) is 0.782. The standard InChI is InChI=1S/C13H20N4O2S/c1-19-7-8-4-5-17(6-8)13-10(11(14)16-20-13)12(18)15-9-2-3-9/h8-9H,2-7H2,1H3,(H2,14,16)(H,15,18). The minimum atomic E-state index is -0.0797. The highest BCUT2D eigenvalue weighted by Crippen LogP contribution is 2.34. The summed E-state index contributed by atoms with van der Waals surface area (Å²) in [6.45, 7) is 2.59. The van der Waals surface area contributed by atoms with E-state index in [4.69, 9.17) is 10.5 Å². The third-order valence-electron chi connectivity index (χ3n) is 3.82. The molecule has 3 N–H and O–H groups in total. The number of nitrogen functional groups attached to an aromatic ring is 1. The molecular formula is C13H20N4O2S. The molecule has 1 atom stereocenters. The molecule has 1 amide bonds. The number of rotatable bonds is 5. The van der Waals surface area contributed by atoms with Crippen LogP contribution in [0.5, 0.6) is 0 Å². The highest BCUT2D eigenvalue weighted by Gasteiger charge is 2.31. The number of hydrogen-bond acceptors (Lipinski definition) is 6. The molecule has 0 aromatic carbocycles. The first kappa shape index (κ1) is 13.6. The fraction of sp³-hybridized carbons (Fsp3) is 0.692. The molecule has 1 aromatic heterocycles. The molecule has 2 heterocycles. The molecule has 1 aliphatic carbocycles. The number of methoxy groups -OCH3 is 1. The molecule has 2 aliphatic rings. The van der Waals surface area contributed by atoms with Crippen LogP contribution < -0.4 is 16.0 Å². The smallest absolute Gasteiger partial charge is 0.258 e. The maximum atomic E-state index is 12.3. The average molecular weight is 296 g/mol. The van der Waals surface area contributed by atoms with Gasteiger partial charge in [0.05, 0.1) is 6.61 Å². The van der Waals surface area contributed by atoms with E-state index in [1.54, 1.807) is 7.11 Å². The number of nitrogens with two attached hydrogens (primary N) is 1. The van der Waals surface area contributed by atoms with E-state index >= 15 is 0 Å². The van der Waals surface area contributed by atoms with Crippen molar-refractivity contribution in [1.29, 1.82) is 0 Å². The van der Waals surface area contributed by atoms with Gasteiger partial charge in [-0.15, -0.1) is 0 Å². The van der Waals surface area contributed by atoms with Crippen molar-refractivity contribution < 1.29 is 9.53 Å². The van der Waals surface area contributed by atoms with Gasteiger partial charge in [-0.1, -0.05) is 0 Å². The molecule has 1 aromatic rings. The predicted octanol–water partition coefficient (Wildman–Crippen LogP) is 1.09. The largest absolute Gasteiger partial charge is 0.384 e. The second-order valence-corrected chi connectivity index (χ2v) is 6.30. The van der Waals surface area contributed by atoms with E-state index in [0.717, 1.165) is 44.0 Å². The fourth-order valence-corrected chi connectivity index (χ4v) is 3.44. The Labute approximate surface area is 122 Å². The van der Waals surface area contributed by atoms with Crippen molar-refractivity contribution in [2.24, 2.45) is 5.92 Å². The van der Waals surface area contributed by atoms with Gasteiger partial charge in [-0.2, -0.15) is 4.37 Å². The lowest BCUT2D eigenvalue weighted by atomic mass is 10.1. The first-order valence-electron chi connectivity index (χ1n) is 6.99. The number of aromatic nitrogens is 1. The molecule has 2 fully saturated rings. The number of ether oxygens (including phenoxy) is 1. The van der Waals surface area contributed by atoms with Gasteiger partial charge in [0.15, 0.2) is 5.82 Å². The van der Waals surface area contributed by atoms with Crippen molar-refractivity contribution in [3.05, 3.63) is 5.56 Å². The minimum absolute atomic E-state index is 0.0797. The third kappa shape index (κ3) is 2.73. The predicted molar refractivity (Wildman–Crippen MR) is 79.2 cm³/mol. The van der Waals surface area contributed by atoms with E-state index in [1.165, 1.54) is 11.5 Å². The van der Waals surface area contributed by atoms with Crippen LogP contribution in [0.3, 0.4) is 0 Å². The highest BCUT2D eigenvalue weighted by atomic mass is 32.1. The second kappa shape index (κ2) is 5.57. The van der Waals surface area contributed by atoms with E-state index in [2.05, 4.69) is 14.6 Å². The second-order valence-electron chi connectivity index (χ2n) is 5.55. The number of carbonyl (C=O) groups excluding carboxylic acids is 1. The molecule has 0 radical (unpaired) electrons. The summed E-state index contributed by atoms with van der Waals surface area (Å²) in [5.41, 5.74) is 6.44. The number of amides is 1. The average Bonchev–Trinajstić information content (AvgIpc) is 2.96. The summed E-state index contributed by atoms with van der Waals surface area (Å²) < 4.78 is 9.38. The van der Waals surface area contributed by atoms with Crippen molar-refractivity contribution in [1.82, 2.24) is 9.69 Å². The van der Waals surface area contributed by atoms with Crippen molar-refractivity contribution >= 4 is 28.3 Å². The van der Waals surface area contributed by atoms with Crippen LogP contribution in [0, 0.1) is 5.92 Å². The van der Waals surface area contributed by atoms with Crippen LogP contribution in [0.1, 0.15) is 29.6 Å². The van der Waals surface area contributed by atoms with E-state index in [0.29, 0.717) is 23.3 Å². The molecule has 1 aliphatic heterocycles. The summed E-state index contributed by atoms with van der Waals surface area (Å²) in [5, 5.41) is 3.90. The Morgan fingerprint density at radius 2 is 2.35 bits per heavy atom. The molecule has 0 bridgehead atoms. The van der Waals surface area contributed by atoms with E-state index in [1.807, 2.05) is 0 Å². The van der Waals surface area contributed by atoms with Gasteiger partial charge >= 0.3 is 0 Å². The van der Waals surface area contributed by atoms with Gasteiger partial charge in [0.1, 0.15) is 10.6 Å². The van der Waals surface area contributed by atoms with Crippen LogP contribution in [-0.4, -0.2) is 43.1 Å². The van der Waals surface area contributed by atoms with Gasteiger partial charge in [-0.3, -0.25) is 4.79 Å². The quantitative estimate of drug-likeness (QED) is 0.850. The number of nitrogens with zero attached hydrogens (tertiary/aromatic N) is 2. The molecule has 1 saturated carbocycles. The zero-order valence-electron chi connectivity index (χ0n) is 11.6. The van der Waals surface area contributed by atoms with Crippen molar-refractivity contribution in [2.45, 2.75) is 25.3 Å². The minimum Gasteiger partial charge on any atom is -0.384 e. The topological polar surface area (TPSA) is 80.5 Å². The third-order valence-corrected chi connectivity index (χ3v) is 4.74. The van der Waals surface area contributed by atoms with Gasteiger partial charge < -0.3 is 20.7 Å². The van der Waals surface area contributed by atoms with Gasteiger partial charge in [-0.05, 0) is 30.8 Å². The van der Waals surface area contributed by atoms with Gasteiger partial charge in [0, 0.05) is 32.2 Å². The fourth-order valence-electron chi connectivity index (χ4n) is 2.60. The molecule has 6 nitrogen and oxygen atoms in total. The zero-order chi connectivity index (χ0) is 14.1. The lowest BCUT2D eigenvalue weighted by Crippen LogP contribution is -2.29. The summed E-state index contributed by atoms with van der Waals surface area (Å²) in [7, 11) is 1.72. The lowest BCUT2D eigenvalue weighted by molar-refractivity contribution is 0.0952.